The van der Waals surface area contributed by atoms with Crippen LogP contribution in [-0.2, 0) is 4.79 Å². The summed E-state index contributed by atoms with van der Waals surface area (Å²) in [5.41, 5.74) is 5.30. The van der Waals surface area contributed by atoms with E-state index in [0.717, 1.165) is 21.2 Å². The van der Waals surface area contributed by atoms with E-state index in [1.54, 1.807) is 19.2 Å². The van der Waals surface area contributed by atoms with Gasteiger partial charge in [-0.05, 0) is 77.7 Å². The summed E-state index contributed by atoms with van der Waals surface area (Å²) in [7, 11) is 1.58. The summed E-state index contributed by atoms with van der Waals surface area (Å²) in [4.78, 5) is 12.0. The fourth-order valence-electron chi connectivity index (χ4n) is 2.48. The van der Waals surface area contributed by atoms with Crippen LogP contribution >= 0.6 is 15.9 Å². The van der Waals surface area contributed by atoms with E-state index < -0.39 is 0 Å². The molecule has 1 amide bonds. The molecule has 1 N–H and O–H groups in total. The molecule has 2 aromatic carbocycles. The fraction of sp³-hybridized carbons (Fsp3) is 0.300. The summed E-state index contributed by atoms with van der Waals surface area (Å²) in [5.74, 6) is 1.57. The Balaban J connectivity index is 1.93. The summed E-state index contributed by atoms with van der Waals surface area (Å²) >= 11 is 3.45. The number of amides is 1. The van der Waals surface area contributed by atoms with Crippen molar-refractivity contribution in [2.75, 3.05) is 20.3 Å². The van der Waals surface area contributed by atoms with Gasteiger partial charge in [-0.25, -0.2) is 5.43 Å². The van der Waals surface area contributed by atoms with Crippen molar-refractivity contribution in [3.05, 3.63) is 51.5 Å². The molecule has 0 heterocycles. The zero-order valence-electron chi connectivity index (χ0n) is 15.8. The van der Waals surface area contributed by atoms with Gasteiger partial charge in [-0.2, -0.15) is 5.10 Å². The molecule has 0 atom stereocenters. The number of methoxy groups -OCH3 is 1. The van der Waals surface area contributed by atoms with Crippen LogP contribution < -0.4 is 19.6 Å². The van der Waals surface area contributed by atoms with Gasteiger partial charge in [0.05, 0.1) is 24.4 Å². The van der Waals surface area contributed by atoms with Crippen molar-refractivity contribution in [1.82, 2.24) is 5.43 Å². The minimum atomic E-state index is -0.350. The number of nitrogens with zero attached hydrogens (tertiary/aromatic N) is 1. The predicted molar refractivity (Wildman–Crippen MR) is 109 cm³/mol. The molecule has 0 aromatic heterocycles. The van der Waals surface area contributed by atoms with Crippen LogP contribution in [-0.4, -0.2) is 32.4 Å². The lowest BCUT2D eigenvalue weighted by atomic mass is 10.1. The minimum absolute atomic E-state index is 0.132. The van der Waals surface area contributed by atoms with Crippen LogP contribution in [0.2, 0.25) is 0 Å². The zero-order chi connectivity index (χ0) is 19.8. The first kappa shape index (κ1) is 20.8. The molecule has 7 heteroatoms. The van der Waals surface area contributed by atoms with Crippen LogP contribution in [0, 0.1) is 13.8 Å². The Morgan fingerprint density at radius 3 is 2.63 bits per heavy atom. The number of hydrazone groups is 1. The van der Waals surface area contributed by atoms with Gasteiger partial charge in [-0.15, -0.1) is 0 Å². The molecule has 0 fully saturated rings. The zero-order valence-corrected chi connectivity index (χ0v) is 17.4. The molecule has 0 aliphatic rings. The van der Waals surface area contributed by atoms with Gasteiger partial charge >= 0.3 is 0 Å². The first-order valence-corrected chi connectivity index (χ1v) is 9.26. The maximum absolute atomic E-state index is 12.0. The minimum Gasteiger partial charge on any atom is -0.493 e. The lowest BCUT2D eigenvalue weighted by Crippen LogP contribution is -2.24. The van der Waals surface area contributed by atoms with Gasteiger partial charge in [-0.1, -0.05) is 6.07 Å². The number of halogens is 1. The van der Waals surface area contributed by atoms with Crippen LogP contribution in [0.25, 0.3) is 0 Å². The molecule has 0 spiro atoms. The Kier molecular flexibility index (Phi) is 7.67. The second-order valence-electron chi connectivity index (χ2n) is 5.82. The molecule has 0 radical (unpaired) electrons. The molecule has 27 heavy (non-hydrogen) atoms. The summed E-state index contributed by atoms with van der Waals surface area (Å²) in [6.45, 7) is 6.22. The number of ether oxygens (including phenoxy) is 3. The first-order valence-electron chi connectivity index (χ1n) is 8.46. The topological polar surface area (TPSA) is 69.2 Å². The lowest BCUT2D eigenvalue weighted by Gasteiger charge is -2.11. The quantitative estimate of drug-likeness (QED) is 0.503. The normalized spacial score (nSPS) is 10.7. The fourth-order valence-corrected chi connectivity index (χ4v) is 3.26. The highest BCUT2D eigenvalue weighted by atomic mass is 79.9. The highest BCUT2D eigenvalue weighted by Crippen LogP contribution is 2.30. The third-order valence-corrected chi connectivity index (χ3v) is 4.20. The molecule has 0 bridgehead atoms. The van der Waals surface area contributed by atoms with Crippen LogP contribution in [0.3, 0.4) is 0 Å². The number of aryl methyl sites for hydroxylation is 2. The van der Waals surface area contributed by atoms with Crippen LogP contribution in [0.5, 0.6) is 17.2 Å². The largest absolute Gasteiger partial charge is 0.493 e. The molecule has 0 aliphatic heterocycles. The van der Waals surface area contributed by atoms with Gasteiger partial charge in [0.15, 0.2) is 18.1 Å². The Morgan fingerprint density at radius 1 is 1.19 bits per heavy atom. The monoisotopic (exact) mass is 434 g/mol. The van der Waals surface area contributed by atoms with Crippen LogP contribution in [0.1, 0.15) is 23.6 Å². The number of rotatable bonds is 8. The van der Waals surface area contributed by atoms with Crippen molar-refractivity contribution >= 4 is 28.1 Å². The first-order chi connectivity index (χ1) is 12.9. The Bertz CT molecular complexity index is 814. The summed E-state index contributed by atoms with van der Waals surface area (Å²) < 4.78 is 17.2. The number of hydrogen-bond donors (Lipinski definition) is 1. The molecule has 0 aliphatic carbocycles. The van der Waals surface area contributed by atoms with E-state index in [-0.39, 0.29) is 12.5 Å². The van der Waals surface area contributed by atoms with E-state index in [1.165, 1.54) is 6.21 Å². The second-order valence-corrected chi connectivity index (χ2v) is 6.67. The Hall–Kier alpha value is -2.54. The standard InChI is InChI=1S/C20H23BrN2O4/c1-5-26-18-10-15(6-7-17(18)25-4)11-22-23-19(24)12-27-20-14(3)8-13(2)9-16(20)21/h6-11H,5,12H2,1-4H3,(H,23,24). The maximum atomic E-state index is 12.0. The molecule has 2 rings (SSSR count). The molecular weight excluding hydrogens is 412 g/mol. The van der Waals surface area contributed by atoms with Gasteiger partial charge in [0.25, 0.3) is 5.91 Å². The SMILES string of the molecule is CCOc1cc(C=NNC(=O)COc2c(C)cc(C)cc2Br)ccc1OC. The van der Waals surface area contributed by atoms with E-state index in [4.69, 9.17) is 14.2 Å². The molecular formula is C20H23BrN2O4. The van der Waals surface area contributed by atoms with Crippen molar-refractivity contribution in [3.8, 4) is 17.2 Å². The van der Waals surface area contributed by atoms with E-state index in [1.807, 2.05) is 39.0 Å². The van der Waals surface area contributed by atoms with Crippen molar-refractivity contribution < 1.29 is 19.0 Å². The predicted octanol–water partition coefficient (Wildman–Crippen LogP) is 4.00. The van der Waals surface area contributed by atoms with Gasteiger partial charge in [-0.3, -0.25) is 4.79 Å². The maximum Gasteiger partial charge on any atom is 0.277 e. The van der Waals surface area contributed by atoms with Crippen LogP contribution in [0.15, 0.2) is 39.9 Å². The molecule has 2 aromatic rings. The van der Waals surface area contributed by atoms with Crippen molar-refractivity contribution in [1.29, 1.82) is 0 Å². The third-order valence-electron chi connectivity index (χ3n) is 3.61. The number of carbonyl (C=O) groups excluding carboxylic acids is 1. The highest BCUT2D eigenvalue weighted by Gasteiger charge is 2.09. The van der Waals surface area contributed by atoms with E-state index in [2.05, 4.69) is 26.5 Å². The average molecular weight is 435 g/mol. The molecule has 0 saturated heterocycles. The van der Waals surface area contributed by atoms with Crippen molar-refractivity contribution in [2.24, 2.45) is 5.10 Å². The van der Waals surface area contributed by atoms with Crippen molar-refractivity contribution in [3.63, 3.8) is 0 Å². The third kappa shape index (κ3) is 5.99. The number of nitrogens with one attached hydrogen (secondary N) is 1. The Morgan fingerprint density at radius 2 is 1.96 bits per heavy atom. The van der Waals surface area contributed by atoms with Crippen LogP contribution in [0.4, 0.5) is 0 Å². The Labute approximate surface area is 167 Å². The van der Waals surface area contributed by atoms with E-state index >= 15 is 0 Å². The number of carbonyl (C=O) groups is 1. The van der Waals surface area contributed by atoms with Gasteiger partial charge in [0, 0.05) is 0 Å². The summed E-state index contributed by atoms with van der Waals surface area (Å²) in [6, 6.07) is 9.34. The molecule has 0 unspecified atom stereocenters. The lowest BCUT2D eigenvalue weighted by molar-refractivity contribution is -0.123. The van der Waals surface area contributed by atoms with Gasteiger partial charge in [0.1, 0.15) is 5.75 Å². The van der Waals surface area contributed by atoms with Gasteiger partial charge in [0.2, 0.25) is 0 Å². The van der Waals surface area contributed by atoms with E-state index in [0.29, 0.717) is 23.9 Å². The molecule has 0 saturated carbocycles. The average Bonchev–Trinajstić information content (AvgIpc) is 2.61. The van der Waals surface area contributed by atoms with Crippen molar-refractivity contribution in [2.45, 2.75) is 20.8 Å². The van der Waals surface area contributed by atoms with E-state index in [9.17, 15) is 4.79 Å². The highest BCUT2D eigenvalue weighted by molar-refractivity contribution is 9.10. The summed E-state index contributed by atoms with van der Waals surface area (Å²) in [5, 5.41) is 3.96. The van der Waals surface area contributed by atoms with Gasteiger partial charge < -0.3 is 14.2 Å². The smallest absolute Gasteiger partial charge is 0.277 e. The molecule has 6 nitrogen and oxygen atoms in total. The number of benzene rings is 2. The second kappa shape index (κ2) is 9.97. The molecule has 144 valence electrons. The number of hydrogen-bond acceptors (Lipinski definition) is 5. The summed E-state index contributed by atoms with van der Waals surface area (Å²) in [6.07, 6.45) is 1.53.